The number of thiophene rings is 1. The fraction of sp³-hybridized carbons (Fsp3) is 0.0204. The van der Waals surface area contributed by atoms with Crippen molar-refractivity contribution >= 4 is 75.9 Å². The molecule has 0 saturated heterocycles. The van der Waals surface area contributed by atoms with Crippen LogP contribution in [0.25, 0.3) is 75.1 Å². The Morgan fingerprint density at radius 3 is 2.15 bits per heavy atom. The number of fused-ring (bicyclic) bond motifs is 7. The van der Waals surface area contributed by atoms with Crippen LogP contribution in [-0.4, -0.2) is 11.7 Å². The van der Waals surface area contributed by atoms with Gasteiger partial charge in [-0.3, -0.25) is 0 Å². The van der Waals surface area contributed by atoms with Crippen molar-refractivity contribution in [3.8, 4) is 22.3 Å². The van der Waals surface area contributed by atoms with Crippen LogP contribution in [0.15, 0.2) is 190 Å². The molecule has 54 heavy (non-hydrogen) atoms. The van der Waals surface area contributed by atoms with E-state index in [-0.39, 0.29) is 0 Å². The van der Waals surface area contributed by atoms with Crippen molar-refractivity contribution in [1.29, 1.82) is 0 Å². The Kier molecular flexibility index (Phi) is 7.07. The summed E-state index contributed by atoms with van der Waals surface area (Å²) in [6.45, 7) is 0. The third-order valence-corrected chi connectivity index (χ3v) is 11.7. The molecular weight excluding hydrogens is 679 g/mol. The topological polar surface area (TPSA) is 49.9 Å². The van der Waals surface area contributed by atoms with Gasteiger partial charge in [0.2, 0.25) is 0 Å². The summed E-state index contributed by atoms with van der Waals surface area (Å²) in [7, 11) is 0. The minimum Gasteiger partial charge on any atom is -0.456 e. The Balaban J connectivity index is 1.09. The Bertz CT molecular complexity index is 3150. The largest absolute Gasteiger partial charge is 0.456 e. The number of furan rings is 1. The molecule has 0 spiro atoms. The SMILES string of the molecule is c1ccc(-c2cccc(C3=NC(c4cccc5oc6cc(-c7cccc8ccccc78)ccc6c45)NC(c4cccc5sc6ccccc6c45)=N3)c2)cc1. The van der Waals surface area contributed by atoms with Crippen LogP contribution in [0, 0.1) is 0 Å². The average Bonchev–Trinajstić information content (AvgIpc) is 3.82. The van der Waals surface area contributed by atoms with Gasteiger partial charge in [-0.2, -0.15) is 0 Å². The molecule has 11 rings (SSSR count). The normalized spacial score (nSPS) is 14.5. The highest BCUT2D eigenvalue weighted by atomic mass is 32.1. The Labute approximate surface area is 315 Å². The molecule has 2 aromatic heterocycles. The molecule has 0 amide bonds. The maximum Gasteiger partial charge on any atom is 0.159 e. The lowest BCUT2D eigenvalue weighted by atomic mass is 9.96. The summed E-state index contributed by atoms with van der Waals surface area (Å²) in [5.74, 6) is 1.48. The van der Waals surface area contributed by atoms with Crippen molar-refractivity contribution < 1.29 is 4.42 Å². The fourth-order valence-corrected chi connectivity index (χ4v) is 9.17. The van der Waals surface area contributed by atoms with E-state index < -0.39 is 6.17 Å². The highest BCUT2D eigenvalue weighted by molar-refractivity contribution is 7.25. The van der Waals surface area contributed by atoms with E-state index in [2.05, 4.69) is 175 Å². The van der Waals surface area contributed by atoms with Gasteiger partial charge in [0, 0.05) is 47.6 Å². The van der Waals surface area contributed by atoms with Crippen molar-refractivity contribution in [1.82, 2.24) is 5.32 Å². The number of benzene rings is 8. The van der Waals surface area contributed by atoms with E-state index in [1.807, 2.05) is 17.4 Å². The number of aliphatic imine (C=N–C) groups is 2. The van der Waals surface area contributed by atoms with Crippen LogP contribution in [0.5, 0.6) is 0 Å². The number of nitrogens with zero attached hydrogens (tertiary/aromatic N) is 2. The second kappa shape index (κ2) is 12.4. The van der Waals surface area contributed by atoms with Gasteiger partial charge in [0.1, 0.15) is 23.2 Å². The van der Waals surface area contributed by atoms with Crippen LogP contribution in [-0.2, 0) is 0 Å². The molecule has 10 aromatic rings. The number of hydrogen-bond acceptors (Lipinski definition) is 5. The van der Waals surface area contributed by atoms with Crippen LogP contribution in [0.1, 0.15) is 22.9 Å². The van der Waals surface area contributed by atoms with E-state index in [1.165, 1.54) is 36.5 Å². The lowest BCUT2D eigenvalue weighted by Crippen LogP contribution is -2.33. The first-order valence-corrected chi connectivity index (χ1v) is 19.0. The summed E-state index contributed by atoms with van der Waals surface area (Å²) in [6, 6.07) is 62.0. The molecule has 5 heteroatoms. The molecule has 254 valence electrons. The van der Waals surface area contributed by atoms with Gasteiger partial charge in [0.15, 0.2) is 5.84 Å². The second-order valence-corrected chi connectivity index (χ2v) is 14.8. The van der Waals surface area contributed by atoms with Gasteiger partial charge in [0.05, 0.1) is 0 Å². The number of hydrogen-bond donors (Lipinski definition) is 1. The van der Waals surface area contributed by atoms with Crippen LogP contribution in [0.3, 0.4) is 0 Å². The van der Waals surface area contributed by atoms with Crippen molar-refractivity contribution in [3.63, 3.8) is 0 Å². The first kappa shape index (κ1) is 30.8. The zero-order chi connectivity index (χ0) is 35.6. The summed E-state index contributed by atoms with van der Waals surface area (Å²) in [5.41, 5.74) is 9.33. The van der Waals surface area contributed by atoms with Gasteiger partial charge in [0.25, 0.3) is 0 Å². The maximum absolute atomic E-state index is 6.64. The van der Waals surface area contributed by atoms with Crippen LogP contribution in [0.2, 0.25) is 0 Å². The molecule has 8 aromatic carbocycles. The van der Waals surface area contributed by atoms with E-state index >= 15 is 0 Å². The summed E-state index contributed by atoms with van der Waals surface area (Å²) in [4.78, 5) is 10.7. The van der Waals surface area contributed by atoms with Crippen molar-refractivity contribution in [2.24, 2.45) is 9.98 Å². The molecule has 1 N–H and O–H groups in total. The summed E-state index contributed by atoms with van der Waals surface area (Å²) in [6.07, 6.45) is -0.421. The summed E-state index contributed by atoms with van der Waals surface area (Å²) >= 11 is 1.81. The maximum atomic E-state index is 6.64. The zero-order valence-corrected chi connectivity index (χ0v) is 29.8. The lowest BCUT2D eigenvalue weighted by molar-refractivity contribution is 0.662. The van der Waals surface area contributed by atoms with Crippen LogP contribution < -0.4 is 5.32 Å². The van der Waals surface area contributed by atoms with E-state index in [1.54, 1.807) is 0 Å². The molecule has 1 aliphatic rings. The minimum absolute atomic E-state index is 0.421. The molecule has 1 atom stereocenters. The lowest BCUT2D eigenvalue weighted by Gasteiger charge is -2.25. The second-order valence-electron chi connectivity index (χ2n) is 13.7. The molecular formula is C49H31N3OS. The molecule has 0 fully saturated rings. The zero-order valence-electron chi connectivity index (χ0n) is 29.0. The van der Waals surface area contributed by atoms with Crippen molar-refractivity contribution in [2.45, 2.75) is 6.17 Å². The quantitative estimate of drug-likeness (QED) is 0.193. The van der Waals surface area contributed by atoms with Gasteiger partial charge in [-0.15, -0.1) is 11.3 Å². The van der Waals surface area contributed by atoms with E-state index in [9.17, 15) is 0 Å². The standard InChI is InChI=1S/C49H31N3OS/c1-2-12-30(13-3-1)32-16-8-17-34(28-32)47-50-48(52-49(51-47)40-22-11-25-44-46(40)38-19-6-7-24-43(38)54-44)39-21-10-23-41-45(39)37-27-26-33(29-42(37)53-41)36-20-9-15-31-14-4-5-18-35(31)36/h1-29,48H,(H,50,51,52). The van der Waals surface area contributed by atoms with Crippen LogP contribution in [0.4, 0.5) is 0 Å². The summed E-state index contributed by atoms with van der Waals surface area (Å²) < 4.78 is 9.13. The molecule has 4 nitrogen and oxygen atoms in total. The Hall–Kier alpha value is -6.82. The van der Waals surface area contributed by atoms with Gasteiger partial charge < -0.3 is 9.73 Å². The molecule has 0 bridgehead atoms. The number of rotatable bonds is 5. The van der Waals surface area contributed by atoms with Gasteiger partial charge >= 0.3 is 0 Å². The third-order valence-electron chi connectivity index (χ3n) is 10.6. The molecule has 0 saturated carbocycles. The first-order chi connectivity index (χ1) is 26.7. The fourth-order valence-electron chi connectivity index (χ4n) is 8.04. The molecule has 0 radical (unpaired) electrons. The monoisotopic (exact) mass is 709 g/mol. The average molecular weight is 710 g/mol. The Morgan fingerprint density at radius 2 is 1.20 bits per heavy atom. The molecule has 3 heterocycles. The summed E-state index contributed by atoms with van der Waals surface area (Å²) in [5, 5.41) is 10.8. The number of amidine groups is 2. The van der Waals surface area contributed by atoms with Crippen molar-refractivity contribution in [3.05, 3.63) is 193 Å². The Morgan fingerprint density at radius 1 is 0.481 bits per heavy atom. The van der Waals surface area contributed by atoms with Gasteiger partial charge in [-0.05, 0) is 69.4 Å². The van der Waals surface area contributed by atoms with E-state index in [4.69, 9.17) is 14.4 Å². The third kappa shape index (κ3) is 5.05. The molecule has 1 unspecified atom stereocenters. The molecule has 1 aliphatic heterocycles. The predicted molar refractivity (Wildman–Crippen MR) is 227 cm³/mol. The van der Waals surface area contributed by atoms with Crippen LogP contribution >= 0.6 is 11.3 Å². The highest BCUT2D eigenvalue weighted by Crippen LogP contribution is 2.40. The predicted octanol–water partition coefficient (Wildman–Crippen LogP) is 12.9. The molecule has 0 aliphatic carbocycles. The highest BCUT2D eigenvalue weighted by Gasteiger charge is 2.26. The van der Waals surface area contributed by atoms with Crippen molar-refractivity contribution in [2.75, 3.05) is 0 Å². The number of nitrogens with one attached hydrogen (secondary N) is 1. The van der Waals surface area contributed by atoms with E-state index in [0.717, 1.165) is 61.2 Å². The first-order valence-electron chi connectivity index (χ1n) is 18.2. The van der Waals surface area contributed by atoms with Gasteiger partial charge in [-0.25, -0.2) is 9.98 Å². The smallest absolute Gasteiger partial charge is 0.159 e. The van der Waals surface area contributed by atoms with E-state index in [0.29, 0.717) is 5.84 Å². The minimum atomic E-state index is -0.421. The van der Waals surface area contributed by atoms with Gasteiger partial charge in [-0.1, -0.05) is 140 Å².